The van der Waals surface area contributed by atoms with Gasteiger partial charge in [-0.15, -0.1) is 0 Å². The van der Waals surface area contributed by atoms with E-state index in [9.17, 15) is 4.79 Å². The van der Waals surface area contributed by atoms with Gasteiger partial charge in [-0.2, -0.15) is 0 Å². The second-order valence-electron chi connectivity index (χ2n) is 6.11. The van der Waals surface area contributed by atoms with Gasteiger partial charge in [0.1, 0.15) is 0 Å². The number of rotatable bonds is 5. The maximum absolute atomic E-state index is 12.5. The molecule has 26 heavy (non-hydrogen) atoms. The van der Waals surface area contributed by atoms with Gasteiger partial charge in [-0.05, 0) is 34.5 Å². The van der Waals surface area contributed by atoms with Crippen LogP contribution in [-0.4, -0.2) is 28.8 Å². The Labute approximate surface area is 155 Å². The van der Waals surface area contributed by atoms with Crippen molar-refractivity contribution in [1.29, 1.82) is 0 Å². The minimum Gasteiger partial charge on any atom is -0.341 e. The fraction of sp³-hybridized carbons (Fsp3) is 0.300. The van der Waals surface area contributed by atoms with Crippen molar-refractivity contribution < 1.29 is 9.47 Å². The monoisotopic (exact) mass is 368 g/mol. The van der Waals surface area contributed by atoms with Gasteiger partial charge in [0.05, 0.1) is 18.9 Å². The lowest BCUT2D eigenvalue weighted by molar-refractivity contribution is 0.0343. The lowest BCUT2D eigenvalue weighted by Gasteiger charge is -2.12. The van der Waals surface area contributed by atoms with Crippen molar-refractivity contribution in [3.05, 3.63) is 69.6 Å². The number of nitrogens with zero attached hydrogens (tertiary/aromatic N) is 1. The topological polar surface area (TPSA) is 64.2 Å². The number of benzene rings is 2. The van der Waals surface area contributed by atoms with E-state index in [0.717, 1.165) is 11.3 Å². The van der Waals surface area contributed by atoms with E-state index in [1.54, 1.807) is 0 Å². The maximum atomic E-state index is 12.5. The molecule has 3 aromatic rings. The van der Waals surface area contributed by atoms with Gasteiger partial charge in [-0.25, -0.2) is 4.98 Å². The van der Waals surface area contributed by atoms with E-state index >= 15 is 0 Å². The van der Waals surface area contributed by atoms with E-state index in [2.05, 4.69) is 29.2 Å². The van der Waals surface area contributed by atoms with Crippen LogP contribution in [0.15, 0.2) is 52.4 Å². The summed E-state index contributed by atoms with van der Waals surface area (Å²) in [5.74, 6) is 0. The van der Waals surface area contributed by atoms with Crippen LogP contribution in [0.25, 0.3) is 10.8 Å². The van der Waals surface area contributed by atoms with Crippen molar-refractivity contribution in [1.82, 2.24) is 9.97 Å². The Kier molecular flexibility index (Phi) is 5.06. The SMILES string of the molecule is CCc1c(Cc2cccc3ccccc23)nc(SC2OCCO2)[nH]c1=O. The normalized spacial score (nSPS) is 15.0. The van der Waals surface area contributed by atoms with Crippen LogP contribution in [0.3, 0.4) is 0 Å². The second kappa shape index (κ2) is 7.61. The molecule has 1 fully saturated rings. The van der Waals surface area contributed by atoms with Crippen molar-refractivity contribution in [2.24, 2.45) is 0 Å². The molecule has 0 unspecified atom stereocenters. The molecular weight excluding hydrogens is 348 g/mol. The van der Waals surface area contributed by atoms with Crippen LogP contribution >= 0.6 is 11.8 Å². The van der Waals surface area contributed by atoms with Crippen molar-refractivity contribution in [2.45, 2.75) is 30.5 Å². The predicted octanol–water partition coefficient (Wildman–Crippen LogP) is 3.50. The van der Waals surface area contributed by atoms with E-state index in [1.807, 2.05) is 25.1 Å². The van der Waals surface area contributed by atoms with Gasteiger partial charge in [-0.3, -0.25) is 4.79 Å². The van der Waals surface area contributed by atoms with Crippen molar-refractivity contribution in [3.8, 4) is 0 Å². The summed E-state index contributed by atoms with van der Waals surface area (Å²) in [6.07, 6.45) is 1.26. The summed E-state index contributed by atoms with van der Waals surface area (Å²) >= 11 is 1.30. The van der Waals surface area contributed by atoms with Crippen LogP contribution in [0.5, 0.6) is 0 Å². The van der Waals surface area contributed by atoms with E-state index in [0.29, 0.717) is 31.2 Å². The molecule has 6 heteroatoms. The van der Waals surface area contributed by atoms with Crippen LogP contribution in [0.1, 0.15) is 23.7 Å². The Hall–Kier alpha value is -2.15. The van der Waals surface area contributed by atoms with Crippen LogP contribution in [0.2, 0.25) is 0 Å². The predicted molar refractivity (Wildman–Crippen MR) is 103 cm³/mol. The molecule has 4 rings (SSSR count). The Balaban J connectivity index is 1.71. The van der Waals surface area contributed by atoms with Gasteiger partial charge in [0.15, 0.2) is 5.16 Å². The van der Waals surface area contributed by atoms with Crippen LogP contribution in [-0.2, 0) is 22.3 Å². The minimum atomic E-state index is -0.406. The highest BCUT2D eigenvalue weighted by Gasteiger charge is 2.20. The van der Waals surface area contributed by atoms with E-state index in [-0.39, 0.29) is 5.56 Å². The highest BCUT2D eigenvalue weighted by Crippen LogP contribution is 2.26. The average molecular weight is 368 g/mol. The minimum absolute atomic E-state index is 0.0850. The third-order valence-corrected chi connectivity index (χ3v) is 5.35. The summed E-state index contributed by atoms with van der Waals surface area (Å²) in [5, 5.41) is 2.92. The molecule has 0 bridgehead atoms. The summed E-state index contributed by atoms with van der Waals surface area (Å²) in [5.41, 5.74) is 2.22. The molecule has 0 saturated carbocycles. The zero-order valence-electron chi connectivity index (χ0n) is 14.5. The van der Waals surface area contributed by atoms with Crippen LogP contribution in [0, 0.1) is 0 Å². The molecule has 0 atom stereocenters. The number of aromatic amines is 1. The molecule has 2 aromatic carbocycles. The quantitative estimate of drug-likeness (QED) is 0.699. The molecule has 1 saturated heterocycles. The zero-order valence-corrected chi connectivity index (χ0v) is 15.3. The molecule has 0 spiro atoms. The fourth-order valence-electron chi connectivity index (χ4n) is 3.21. The summed E-state index contributed by atoms with van der Waals surface area (Å²) in [7, 11) is 0. The van der Waals surface area contributed by atoms with E-state index in [1.165, 1.54) is 28.1 Å². The summed E-state index contributed by atoms with van der Waals surface area (Å²) in [4.78, 5) is 20.1. The van der Waals surface area contributed by atoms with Gasteiger partial charge in [0.2, 0.25) is 5.62 Å². The lowest BCUT2D eigenvalue weighted by atomic mass is 9.99. The molecule has 2 heterocycles. The van der Waals surface area contributed by atoms with Crippen LogP contribution < -0.4 is 5.56 Å². The first kappa shape index (κ1) is 17.3. The Morgan fingerprint density at radius 3 is 2.73 bits per heavy atom. The fourth-order valence-corrected chi connectivity index (χ4v) is 4.04. The van der Waals surface area contributed by atoms with E-state index in [4.69, 9.17) is 14.5 Å². The number of ether oxygens (including phenoxy) is 2. The number of H-pyrrole nitrogens is 1. The Bertz CT molecular complexity index is 975. The van der Waals surface area contributed by atoms with Crippen LogP contribution in [0.4, 0.5) is 0 Å². The molecule has 0 aliphatic carbocycles. The second-order valence-corrected chi connectivity index (χ2v) is 7.12. The smallest absolute Gasteiger partial charge is 0.254 e. The van der Waals surface area contributed by atoms with Gasteiger partial charge in [0.25, 0.3) is 5.56 Å². The molecule has 1 aliphatic rings. The Morgan fingerprint density at radius 1 is 1.15 bits per heavy atom. The third-order valence-electron chi connectivity index (χ3n) is 4.47. The number of hydrogen-bond acceptors (Lipinski definition) is 5. The number of thioether (sulfide) groups is 1. The van der Waals surface area contributed by atoms with Gasteiger partial charge in [0, 0.05) is 12.0 Å². The lowest BCUT2D eigenvalue weighted by Crippen LogP contribution is -2.19. The molecule has 1 aromatic heterocycles. The van der Waals surface area contributed by atoms with Gasteiger partial charge in [-0.1, -0.05) is 49.4 Å². The number of nitrogens with one attached hydrogen (secondary N) is 1. The van der Waals surface area contributed by atoms with Crippen molar-refractivity contribution >= 4 is 22.5 Å². The molecule has 0 amide bonds. The zero-order chi connectivity index (χ0) is 17.9. The average Bonchev–Trinajstić information content (AvgIpc) is 3.15. The summed E-state index contributed by atoms with van der Waals surface area (Å²) < 4.78 is 10.9. The first-order valence-electron chi connectivity index (χ1n) is 8.73. The highest BCUT2D eigenvalue weighted by atomic mass is 32.2. The first-order valence-corrected chi connectivity index (χ1v) is 9.61. The maximum Gasteiger partial charge on any atom is 0.254 e. The largest absolute Gasteiger partial charge is 0.341 e. The Morgan fingerprint density at radius 2 is 1.92 bits per heavy atom. The highest BCUT2D eigenvalue weighted by molar-refractivity contribution is 7.99. The van der Waals surface area contributed by atoms with E-state index < -0.39 is 5.62 Å². The first-order chi connectivity index (χ1) is 12.7. The molecular formula is C20H20N2O3S. The van der Waals surface area contributed by atoms with Gasteiger partial charge < -0.3 is 14.5 Å². The molecule has 1 N–H and O–H groups in total. The van der Waals surface area contributed by atoms with Crippen molar-refractivity contribution in [2.75, 3.05) is 13.2 Å². The molecule has 0 radical (unpaired) electrons. The molecule has 1 aliphatic heterocycles. The summed E-state index contributed by atoms with van der Waals surface area (Å²) in [6, 6.07) is 14.5. The third kappa shape index (κ3) is 3.53. The summed E-state index contributed by atoms with van der Waals surface area (Å²) in [6.45, 7) is 3.12. The number of fused-ring (bicyclic) bond motifs is 1. The van der Waals surface area contributed by atoms with Gasteiger partial charge >= 0.3 is 0 Å². The molecule has 5 nitrogen and oxygen atoms in total. The number of aromatic nitrogens is 2. The van der Waals surface area contributed by atoms with Crippen molar-refractivity contribution in [3.63, 3.8) is 0 Å². The standard InChI is InChI=1S/C20H20N2O3S/c1-2-15-17(12-14-8-5-7-13-6-3-4-9-16(13)14)21-19(22-18(15)23)26-20-24-10-11-25-20/h3-9,20H,2,10-12H2,1H3,(H,21,22,23). The number of hydrogen-bond donors (Lipinski definition) is 1. The molecule has 134 valence electrons.